The zero-order valence-corrected chi connectivity index (χ0v) is 13.4. The van der Waals surface area contributed by atoms with Crippen molar-refractivity contribution in [1.82, 2.24) is 5.32 Å². The molecule has 1 N–H and O–H groups in total. The van der Waals surface area contributed by atoms with Crippen molar-refractivity contribution in [2.45, 2.75) is 37.5 Å². The van der Waals surface area contributed by atoms with Crippen LogP contribution in [0.4, 0.5) is 4.39 Å². The van der Waals surface area contributed by atoms with E-state index in [2.05, 4.69) is 17.5 Å². The van der Waals surface area contributed by atoms with Crippen LogP contribution >= 0.6 is 0 Å². The summed E-state index contributed by atoms with van der Waals surface area (Å²) in [6.07, 6.45) is 8.58. The predicted molar refractivity (Wildman–Crippen MR) is 87.6 cm³/mol. The highest BCUT2D eigenvalue weighted by molar-refractivity contribution is 5.76. The zero-order chi connectivity index (χ0) is 16.1. The van der Waals surface area contributed by atoms with Crippen molar-refractivity contribution >= 4 is 5.91 Å². The Balaban J connectivity index is 1.67. The molecule has 23 heavy (non-hydrogen) atoms. The minimum Gasteiger partial charge on any atom is -0.381 e. The summed E-state index contributed by atoms with van der Waals surface area (Å²) in [7, 11) is 0. The first-order valence-electron chi connectivity index (χ1n) is 8.45. The Labute approximate surface area is 136 Å². The molecule has 0 aromatic heterocycles. The molecule has 1 atom stereocenters. The van der Waals surface area contributed by atoms with Gasteiger partial charge >= 0.3 is 0 Å². The van der Waals surface area contributed by atoms with Crippen molar-refractivity contribution in [2.75, 3.05) is 19.8 Å². The summed E-state index contributed by atoms with van der Waals surface area (Å²) in [5.41, 5.74) is 0.739. The van der Waals surface area contributed by atoms with Gasteiger partial charge in [0.15, 0.2) is 0 Å². The Bertz CT molecular complexity index is 578. The molecule has 1 heterocycles. The maximum Gasteiger partial charge on any atom is 0.220 e. The molecule has 1 aromatic carbocycles. The van der Waals surface area contributed by atoms with Crippen LogP contribution in [-0.2, 0) is 14.9 Å². The smallest absolute Gasteiger partial charge is 0.220 e. The summed E-state index contributed by atoms with van der Waals surface area (Å²) >= 11 is 0. The molecule has 1 aliphatic carbocycles. The van der Waals surface area contributed by atoms with E-state index in [1.165, 1.54) is 6.07 Å². The van der Waals surface area contributed by atoms with Crippen molar-refractivity contribution in [1.29, 1.82) is 0 Å². The second-order valence-corrected chi connectivity index (χ2v) is 6.65. The van der Waals surface area contributed by atoms with E-state index in [0.717, 1.165) is 31.2 Å². The second-order valence-electron chi connectivity index (χ2n) is 6.65. The van der Waals surface area contributed by atoms with Gasteiger partial charge in [0.2, 0.25) is 5.91 Å². The van der Waals surface area contributed by atoms with Crippen LogP contribution in [0.1, 0.15) is 37.7 Å². The van der Waals surface area contributed by atoms with Crippen molar-refractivity contribution in [3.63, 3.8) is 0 Å². The van der Waals surface area contributed by atoms with Crippen molar-refractivity contribution in [2.24, 2.45) is 5.92 Å². The van der Waals surface area contributed by atoms with Crippen LogP contribution in [-0.4, -0.2) is 25.7 Å². The summed E-state index contributed by atoms with van der Waals surface area (Å²) in [6, 6.07) is 6.76. The third-order valence-corrected chi connectivity index (χ3v) is 5.07. The second kappa shape index (κ2) is 7.26. The average molecular weight is 317 g/mol. The van der Waals surface area contributed by atoms with Crippen LogP contribution in [0.5, 0.6) is 0 Å². The molecule has 124 valence electrons. The van der Waals surface area contributed by atoms with Crippen LogP contribution in [0.3, 0.4) is 0 Å². The van der Waals surface area contributed by atoms with E-state index in [1.54, 1.807) is 12.1 Å². The minimum absolute atomic E-state index is 0.0869. The summed E-state index contributed by atoms with van der Waals surface area (Å²) in [6.45, 7) is 1.85. The number of allylic oxidation sites excluding steroid dienone is 2. The highest BCUT2D eigenvalue weighted by atomic mass is 19.1. The van der Waals surface area contributed by atoms with Crippen LogP contribution in [0, 0.1) is 11.7 Å². The average Bonchev–Trinajstić information content (AvgIpc) is 3.07. The first-order valence-corrected chi connectivity index (χ1v) is 8.45. The topological polar surface area (TPSA) is 38.3 Å². The number of nitrogens with one attached hydrogen (secondary N) is 1. The molecular weight excluding hydrogens is 293 g/mol. The van der Waals surface area contributed by atoms with E-state index in [0.29, 0.717) is 32.1 Å². The molecular formula is C19H24FNO2. The number of carbonyl (C=O) groups excluding carboxylic acids is 1. The fraction of sp³-hybridized carbons (Fsp3) is 0.526. The largest absolute Gasteiger partial charge is 0.381 e. The van der Waals surface area contributed by atoms with Gasteiger partial charge in [0.25, 0.3) is 0 Å². The van der Waals surface area contributed by atoms with Crippen molar-refractivity contribution in [3.8, 4) is 0 Å². The van der Waals surface area contributed by atoms with Crippen molar-refractivity contribution in [3.05, 3.63) is 47.8 Å². The molecule has 2 aliphatic rings. The highest BCUT2D eigenvalue weighted by Crippen LogP contribution is 2.34. The summed E-state index contributed by atoms with van der Waals surface area (Å²) in [5, 5.41) is 3.09. The number of halogens is 1. The molecule has 1 saturated heterocycles. The SMILES string of the molecule is O=C(C[C@H]1C=CCC1)NCC1(c2cccc(F)c2)CCOCC1. The van der Waals surface area contributed by atoms with Crippen LogP contribution in [0.25, 0.3) is 0 Å². The molecule has 0 saturated carbocycles. The Morgan fingerprint density at radius 1 is 1.35 bits per heavy atom. The molecule has 1 aromatic rings. The lowest BCUT2D eigenvalue weighted by molar-refractivity contribution is -0.122. The van der Waals surface area contributed by atoms with E-state index >= 15 is 0 Å². The molecule has 0 radical (unpaired) electrons. The van der Waals surface area contributed by atoms with Gasteiger partial charge in [-0.1, -0.05) is 24.3 Å². The third-order valence-electron chi connectivity index (χ3n) is 5.07. The number of hydrogen-bond donors (Lipinski definition) is 1. The van der Waals surface area contributed by atoms with Crippen LogP contribution in [0.15, 0.2) is 36.4 Å². The first-order chi connectivity index (χ1) is 11.2. The minimum atomic E-state index is -0.226. The maximum atomic E-state index is 13.6. The van der Waals surface area contributed by atoms with Crippen LogP contribution in [0.2, 0.25) is 0 Å². The van der Waals surface area contributed by atoms with Gasteiger partial charge in [-0.3, -0.25) is 4.79 Å². The molecule has 3 nitrogen and oxygen atoms in total. The first kappa shape index (κ1) is 16.2. The van der Waals surface area contributed by atoms with Crippen molar-refractivity contribution < 1.29 is 13.9 Å². The number of carbonyl (C=O) groups is 1. The maximum absolute atomic E-state index is 13.6. The normalized spacial score (nSPS) is 22.9. The Hall–Kier alpha value is -1.68. The number of amides is 1. The zero-order valence-electron chi connectivity index (χ0n) is 13.4. The summed E-state index contributed by atoms with van der Waals surface area (Å²) < 4.78 is 19.1. The van der Waals surface area contributed by atoms with Gasteiger partial charge in [-0.15, -0.1) is 0 Å². The Morgan fingerprint density at radius 3 is 2.87 bits per heavy atom. The van der Waals surface area contributed by atoms with Gasteiger partial charge < -0.3 is 10.1 Å². The summed E-state index contributed by atoms with van der Waals surface area (Å²) in [4.78, 5) is 12.2. The van der Waals surface area contributed by atoms with E-state index in [-0.39, 0.29) is 17.1 Å². The lowest BCUT2D eigenvalue weighted by Gasteiger charge is -2.38. The molecule has 0 spiro atoms. The van der Waals surface area contributed by atoms with E-state index < -0.39 is 0 Å². The lowest BCUT2D eigenvalue weighted by Crippen LogP contribution is -2.44. The molecule has 1 aliphatic heterocycles. The fourth-order valence-electron chi connectivity index (χ4n) is 3.59. The molecule has 0 unspecified atom stereocenters. The fourth-order valence-corrected chi connectivity index (χ4v) is 3.59. The van der Waals surface area contributed by atoms with E-state index in [4.69, 9.17) is 4.74 Å². The van der Waals surface area contributed by atoms with E-state index in [1.807, 2.05) is 6.07 Å². The van der Waals surface area contributed by atoms with Gasteiger partial charge in [-0.05, 0) is 49.3 Å². The van der Waals surface area contributed by atoms with Gasteiger partial charge in [0.1, 0.15) is 5.82 Å². The number of hydrogen-bond acceptors (Lipinski definition) is 2. The highest BCUT2D eigenvalue weighted by Gasteiger charge is 2.35. The predicted octanol–water partition coefficient (Wildman–Crippen LogP) is 3.35. The summed E-state index contributed by atoms with van der Waals surface area (Å²) in [5.74, 6) is 0.231. The van der Waals surface area contributed by atoms with Gasteiger partial charge in [-0.2, -0.15) is 0 Å². The molecule has 4 heteroatoms. The monoisotopic (exact) mass is 317 g/mol. The Kier molecular flexibility index (Phi) is 5.11. The van der Waals surface area contributed by atoms with E-state index in [9.17, 15) is 9.18 Å². The number of ether oxygens (including phenoxy) is 1. The van der Waals surface area contributed by atoms with Gasteiger partial charge in [-0.25, -0.2) is 4.39 Å². The molecule has 1 amide bonds. The van der Waals surface area contributed by atoms with Gasteiger partial charge in [0, 0.05) is 31.6 Å². The molecule has 1 fully saturated rings. The van der Waals surface area contributed by atoms with Crippen LogP contribution < -0.4 is 5.32 Å². The standard InChI is InChI=1S/C19H24FNO2/c20-17-7-3-6-16(13-17)19(8-10-23-11-9-19)14-21-18(22)12-15-4-1-2-5-15/h1,3-4,6-7,13,15H,2,5,8-12,14H2,(H,21,22)/t15-/m0/s1. The third kappa shape index (κ3) is 3.99. The number of rotatable bonds is 5. The quantitative estimate of drug-likeness (QED) is 0.846. The molecule has 0 bridgehead atoms. The van der Waals surface area contributed by atoms with Gasteiger partial charge in [0.05, 0.1) is 0 Å². The molecule has 3 rings (SSSR count). The lowest BCUT2D eigenvalue weighted by atomic mass is 9.74. The Morgan fingerprint density at radius 2 is 2.17 bits per heavy atom. The number of benzene rings is 1.